The van der Waals surface area contributed by atoms with Crippen LogP contribution in [0.4, 0.5) is 11.5 Å². The number of anilines is 2. The van der Waals surface area contributed by atoms with Gasteiger partial charge in [-0.2, -0.15) is 0 Å². The summed E-state index contributed by atoms with van der Waals surface area (Å²) in [6.07, 6.45) is 2.40. The van der Waals surface area contributed by atoms with Gasteiger partial charge in [-0.25, -0.2) is 9.97 Å². The molecule has 3 aromatic rings. The van der Waals surface area contributed by atoms with Crippen molar-refractivity contribution < 1.29 is 19.0 Å². The average molecular weight is 514 g/mol. The number of hydrogen-bond acceptors (Lipinski definition) is 9. The predicted molar refractivity (Wildman–Crippen MR) is 140 cm³/mol. The minimum atomic E-state index is -0.152. The largest absolute Gasteiger partial charge is 0.493 e. The number of halogens is 1. The number of carbonyl (C=O) groups excluding carboxylic acids is 1. The molecule has 1 fully saturated rings. The maximum absolute atomic E-state index is 11.7. The van der Waals surface area contributed by atoms with Crippen LogP contribution in [-0.2, 0) is 9.53 Å². The molecule has 9 nitrogen and oxygen atoms in total. The summed E-state index contributed by atoms with van der Waals surface area (Å²) < 4.78 is 16.7. The van der Waals surface area contributed by atoms with Crippen molar-refractivity contribution in [1.29, 1.82) is 0 Å². The highest BCUT2D eigenvalue weighted by Crippen LogP contribution is 2.35. The standard InChI is InChI=1S/C26H32ClN5O4/c1-3-35-25(33)17-32-11-9-31(10-12-32)8-5-13-36-24-16-22-21(15-23(24)34-2)26(29-18-28-22)30-20-7-4-6-19(27)14-20/h4,6-7,14-16,18H,3,5,8-13,17H2,1-2H3,(H,28,29,30). The van der Waals surface area contributed by atoms with Crippen LogP contribution in [-0.4, -0.2) is 85.3 Å². The number of benzene rings is 2. The van der Waals surface area contributed by atoms with E-state index in [-0.39, 0.29) is 5.97 Å². The van der Waals surface area contributed by atoms with Crippen LogP contribution in [0.15, 0.2) is 42.7 Å². The Labute approximate surface area is 216 Å². The van der Waals surface area contributed by atoms with E-state index in [4.69, 9.17) is 25.8 Å². The summed E-state index contributed by atoms with van der Waals surface area (Å²) in [7, 11) is 1.62. The Bertz CT molecular complexity index is 1170. The van der Waals surface area contributed by atoms with Gasteiger partial charge in [0.05, 0.1) is 32.4 Å². The lowest BCUT2D eigenvalue weighted by Crippen LogP contribution is -2.48. The molecule has 4 rings (SSSR count). The van der Waals surface area contributed by atoms with Crippen molar-refractivity contribution >= 4 is 40.0 Å². The minimum absolute atomic E-state index is 0.152. The molecular weight excluding hydrogens is 482 g/mol. The van der Waals surface area contributed by atoms with E-state index in [1.807, 2.05) is 43.3 Å². The molecule has 2 aromatic carbocycles. The molecule has 1 aliphatic heterocycles. The van der Waals surface area contributed by atoms with Crippen molar-refractivity contribution in [2.24, 2.45) is 0 Å². The summed E-state index contributed by atoms with van der Waals surface area (Å²) in [4.78, 5) is 25.0. The van der Waals surface area contributed by atoms with Crippen LogP contribution in [0.25, 0.3) is 10.9 Å². The highest BCUT2D eigenvalue weighted by atomic mass is 35.5. The van der Waals surface area contributed by atoms with E-state index in [2.05, 4.69) is 25.1 Å². The van der Waals surface area contributed by atoms with E-state index < -0.39 is 0 Å². The van der Waals surface area contributed by atoms with Gasteiger partial charge in [-0.3, -0.25) is 9.69 Å². The van der Waals surface area contributed by atoms with Crippen LogP contribution in [0, 0.1) is 0 Å². The molecule has 192 valence electrons. The molecule has 0 unspecified atom stereocenters. The Hall–Kier alpha value is -3.14. The summed E-state index contributed by atoms with van der Waals surface area (Å²) in [6, 6.07) is 11.2. The summed E-state index contributed by atoms with van der Waals surface area (Å²) in [6.45, 7) is 7.70. The Morgan fingerprint density at radius 3 is 2.64 bits per heavy atom. The van der Waals surface area contributed by atoms with Gasteiger partial charge in [0.2, 0.25) is 0 Å². The number of fused-ring (bicyclic) bond motifs is 1. The SMILES string of the molecule is CCOC(=O)CN1CCN(CCCOc2cc3ncnc(Nc4cccc(Cl)c4)c3cc2OC)CC1. The predicted octanol–water partition coefficient (Wildman–Crippen LogP) is 3.99. The van der Waals surface area contributed by atoms with Crippen LogP contribution in [0.5, 0.6) is 11.5 Å². The first-order valence-electron chi connectivity index (χ1n) is 12.1. The second-order valence-electron chi connectivity index (χ2n) is 8.50. The molecule has 10 heteroatoms. The first-order valence-corrected chi connectivity index (χ1v) is 12.5. The third kappa shape index (κ3) is 6.96. The molecule has 0 bridgehead atoms. The van der Waals surface area contributed by atoms with E-state index in [0.717, 1.165) is 55.7 Å². The second kappa shape index (κ2) is 12.7. The molecule has 0 aliphatic carbocycles. The average Bonchev–Trinajstić information content (AvgIpc) is 2.87. The Balaban J connectivity index is 1.31. The zero-order valence-electron chi connectivity index (χ0n) is 20.7. The van der Waals surface area contributed by atoms with E-state index >= 15 is 0 Å². The molecule has 0 radical (unpaired) electrons. The number of esters is 1. The van der Waals surface area contributed by atoms with E-state index in [1.165, 1.54) is 6.33 Å². The lowest BCUT2D eigenvalue weighted by atomic mass is 10.2. The zero-order valence-corrected chi connectivity index (χ0v) is 21.5. The monoisotopic (exact) mass is 513 g/mol. The van der Waals surface area contributed by atoms with E-state index in [0.29, 0.717) is 42.1 Å². The van der Waals surface area contributed by atoms with Crippen molar-refractivity contribution in [3.05, 3.63) is 47.7 Å². The summed E-state index contributed by atoms with van der Waals surface area (Å²) in [5.74, 6) is 1.78. The van der Waals surface area contributed by atoms with Crippen LogP contribution < -0.4 is 14.8 Å². The van der Waals surface area contributed by atoms with Gasteiger partial charge in [-0.1, -0.05) is 17.7 Å². The lowest BCUT2D eigenvalue weighted by Gasteiger charge is -2.34. The van der Waals surface area contributed by atoms with Crippen molar-refractivity contribution in [2.45, 2.75) is 13.3 Å². The Morgan fingerprint density at radius 2 is 1.89 bits per heavy atom. The van der Waals surface area contributed by atoms with Crippen molar-refractivity contribution in [3.8, 4) is 11.5 Å². The van der Waals surface area contributed by atoms with Gasteiger partial charge >= 0.3 is 5.97 Å². The van der Waals surface area contributed by atoms with Gasteiger partial charge in [0.25, 0.3) is 0 Å². The fourth-order valence-electron chi connectivity index (χ4n) is 4.17. The highest BCUT2D eigenvalue weighted by Gasteiger charge is 2.19. The van der Waals surface area contributed by atoms with Gasteiger partial charge < -0.3 is 24.4 Å². The molecule has 0 atom stereocenters. The minimum Gasteiger partial charge on any atom is -0.493 e. The maximum Gasteiger partial charge on any atom is 0.320 e. The van der Waals surface area contributed by atoms with Crippen LogP contribution in [0.2, 0.25) is 5.02 Å². The molecule has 1 N–H and O–H groups in total. The van der Waals surface area contributed by atoms with Gasteiger partial charge in [0.15, 0.2) is 11.5 Å². The summed E-state index contributed by atoms with van der Waals surface area (Å²) >= 11 is 6.11. The first-order chi connectivity index (χ1) is 17.6. The second-order valence-corrected chi connectivity index (χ2v) is 8.94. The first kappa shape index (κ1) is 25.9. The summed E-state index contributed by atoms with van der Waals surface area (Å²) in [5, 5.41) is 4.77. The molecule has 1 aromatic heterocycles. The molecule has 1 saturated heterocycles. The quantitative estimate of drug-likeness (QED) is 0.302. The maximum atomic E-state index is 11.7. The van der Waals surface area contributed by atoms with Crippen LogP contribution in [0.1, 0.15) is 13.3 Å². The van der Waals surface area contributed by atoms with Crippen molar-refractivity contribution in [2.75, 3.05) is 64.9 Å². The molecule has 2 heterocycles. The fraction of sp³-hybridized carbons (Fsp3) is 0.423. The smallest absolute Gasteiger partial charge is 0.320 e. The summed E-state index contributed by atoms with van der Waals surface area (Å²) in [5.41, 5.74) is 1.59. The number of piperazine rings is 1. The number of methoxy groups -OCH3 is 1. The van der Waals surface area contributed by atoms with Gasteiger partial charge in [-0.05, 0) is 37.6 Å². The fourth-order valence-corrected chi connectivity index (χ4v) is 4.36. The third-order valence-corrected chi connectivity index (χ3v) is 6.24. The molecule has 0 saturated carbocycles. The number of nitrogens with zero attached hydrogens (tertiary/aromatic N) is 4. The normalized spacial score (nSPS) is 14.5. The number of rotatable bonds is 11. The number of ether oxygens (including phenoxy) is 3. The third-order valence-electron chi connectivity index (χ3n) is 6.01. The van der Waals surface area contributed by atoms with Gasteiger partial charge in [0.1, 0.15) is 12.1 Å². The van der Waals surface area contributed by atoms with Crippen molar-refractivity contribution in [1.82, 2.24) is 19.8 Å². The van der Waals surface area contributed by atoms with Crippen LogP contribution >= 0.6 is 11.6 Å². The number of hydrogen-bond donors (Lipinski definition) is 1. The topological polar surface area (TPSA) is 89.1 Å². The van der Waals surface area contributed by atoms with Gasteiger partial charge in [-0.15, -0.1) is 0 Å². The molecule has 36 heavy (non-hydrogen) atoms. The van der Waals surface area contributed by atoms with E-state index in [1.54, 1.807) is 7.11 Å². The number of carbonyl (C=O) groups is 1. The molecular formula is C26H32ClN5O4. The lowest BCUT2D eigenvalue weighted by molar-refractivity contribution is -0.144. The van der Waals surface area contributed by atoms with E-state index in [9.17, 15) is 4.79 Å². The van der Waals surface area contributed by atoms with Crippen LogP contribution in [0.3, 0.4) is 0 Å². The Morgan fingerprint density at radius 1 is 1.08 bits per heavy atom. The highest BCUT2D eigenvalue weighted by molar-refractivity contribution is 6.30. The molecule has 0 amide bonds. The van der Waals surface area contributed by atoms with Gasteiger partial charge in [0, 0.05) is 54.9 Å². The number of aromatic nitrogens is 2. The van der Waals surface area contributed by atoms with Crippen molar-refractivity contribution in [3.63, 3.8) is 0 Å². The molecule has 1 aliphatic rings. The number of nitrogens with one attached hydrogen (secondary N) is 1. The zero-order chi connectivity index (χ0) is 25.3. The Kier molecular flexibility index (Phi) is 9.16. The molecule has 0 spiro atoms.